The van der Waals surface area contributed by atoms with Gasteiger partial charge in [0.05, 0.1) is 22.2 Å². The van der Waals surface area contributed by atoms with Gasteiger partial charge in [0.25, 0.3) is 0 Å². The number of pyridine rings is 1. The van der Waals surface area contributed by atoms with Gasteiger partial charge in [-0.15, -0.1) is 10.2 Å². The first-order chi connectivity index (χ1) is 15.0. The van der Waals surface area contributed by atoms with Gasteiger partial charge in [-0.2, -0.15) is 0 Å². The molecule has 0 saturated heterocycles. The fourth-order valence-corrected chi connectivity index (χ4v) is 4.13. The molecule has 4 rings (SSSR count). The minimum atomic E-state index is -0.170. The van der Waals surface area contributed by atoms with E-state index in [1.807, 2.05) is 47.9 Å². The van der Waals surface area contributed by atoms with E-state index in [4.69, 9.17) is 11.6 Å². The predicted octanol–water partition coefficient (Wildman–Crippen LogP) is 5.33. The quantitative estimate of drug-likeness (QED) is 0.403. The van der Waals surface area contributed by atoms with Crippen LogP contribution in [0.3, 0.4) is 0 Å². The van der Waals surface area contributed by atoms with Crippen LogP contribution >= 0.6 is 23.4 Å². The largest absolute Gasteiger partial charge is 0.324 e. The third kappa shape index (κ3) is 4.78. The molecule has 0 fully saturated rings. The highest BCUT2D eigenvalue weighted by molar-refractivity contribution is 7.99. The van der Waals surface area contributed by atoms with Crippen molar-refractivity contribution >= 4 is 35.0 Å². The second-order valence-corrected chi connectivity index (χ2v) is 8.34. The molecule has 0 atom stereocenters. The van der Waals surface area contributed by atoms with Crippen molar-refractivity contribution in [1.29, 1.82) is 0 Å². The van der Waals surface area contributed by atoms with Crippen LogP contribution in [0.5, 0.6) is 0 Å². The number of amides is 1. The average molecular weight is 450 g/mol. The zero-order chi connectivity index (χ0) is 21.8. The molecule has 0 saturated carbocycles. The summed E-state index contributed by atoms with van der Waals surface area (Å²) in [5.74, 6) is 0.673. The van der Waals surface area contributed by atoms with Crippen LogP contribution in [0.1, 0.15) is 11.1 Å². The Morgan fingerprint density at radius 3 is 2.68 bits per heavy atom. The molecule has 0 unspecified atom stereocenters. The Morgan fingerprint density at radius 1 is 1.10 bits per heavy atom. The zero-order valence-corrected chi connectivity index (χ0v) is 18.6. The number of halogens is 1. The molecule has 0 bridgehead atoms. The van der Waals surface area contributed by atoms with Crippen molar-refractivity contribution in [1.82, 2.24) is 19.7 Å². The van der Waals surface area contributed by atoms with Crippen LogP contribution in [0.25, 0.3) is 17.1 Å². The van der Waals surface area contributed by atoms with E-state index in [0.29, 0.717) is 21.7 Å². The number of nitrogens with one attached hydrogen (secondary N) is 1. The van der Waals surface area contributed by atoms with E-state index in [1.165, 1.54) is 17.3 Å². The van der Waals surface area contributed by atoms with E-state index < -0.39 is 0 Å². The number of nitrogens with zero attached hydrogens (tertiary/aromatic N) is 4. The number of rotatable bonds is 6. The van der Waals surface area contributed by atoms with Gasteiger partial charge in [0.1, 0.15) is 0 Å². The summed E-state index contributed by atoms with van der Waals surface area (Å²) in [6.07, 6.45) is 3.47. The zero-order valence-electron chi connectivity index (χ0n) is 17.0. The molecule has 2 heterocycles. The van der Waals surface area contributed by atoms with Gasteiger partial charge in [-0.05, 0) is 49.7 Å². The number of hydrogen-bond donors (Lipinski definition) is 1. The molecule has 2 aromatic heterocycles. The first kappa shape index (κ1) is 21.1. The van der Waals surface area contributed by atoms with Gasteiger partial charge in [-0.3, -0.25) is 14.3 Å². The second-order valence-electron chi connectivity index (χ2n) is 6.99. The predicted molar refractivity (Wildman–Crippen MR) is 125 cm³/mol. The average Bonchev–Trinajstić information content (AvgIpc) is 3.18. The van der Waals surface area contributed by atoms with Crippen LogP contribution in [0.15, 0.2) is 72.1 Å². The van der Waals surface area contributed by atoms with Crippen molar-refractivity contribution in [2.45, 2.75) is 19.0 Å². The van der Waals surface area contributed by atoms with Gasteiger partial charge >= 0.3 is 0 Å². The maximum Gasteiger partial charge on any atom is 0.234 e. The summed E-state index contributed by atoms with van der Waals surface area (Å²) >= 11 is 7.46. The van der Waals surface area contributed by atoms with E-state index in [-0.39, 0.29) is 11.7 Å². The number of thioether (sulfide) groups is 1. The fraction of sp³-hybridized carbons (Fsp3) is 0.130. The number of hydrogen-bond acceptors (Lipinski definition) is 5. The highest BCUT2D eigenvalue weighted by Crippen LogP contribution is 2.30. The third-order valence-corrected chi connectivity index (χ3v) is 5.89. The smallest absolute Gasteiger partial charge is 0.234 e. The summed E-state index contributed by atoms with van der Waals surface area (Å²) in [6, 6.07) is 17.2. The summed E-state index contributed by atoms with van der Waals surface area (Å²) < 4.78 is 1.97. The summed E-state index contributed by atoms with van der Waals surface area (Å²) in [7, 11) is 0. The number of benzene rings is 2. The van der Waals surface area contributed by atoms with Crippen LogP contribution in [-0.2, 0) is 4.79 Å². The standard InChI is InChI=1S/C23H20ClN5OS/c1-15-9-10-20(16(2)12-15)29-22(17-6-5-11-25-13-17)27-28-23(29)31-14-21(30)26-19-8-4-3-7-18(19)24/h3-13H,14H2,1-2H3,(H,26,30). The Balaban J connectivity index is 1.64. The van der Waals surface area contributed by atoms with Crippen molar-refractivity contribution in [2.75, 3.05) is 11.1 Å². The van der Waals surface area contributed by atoms with Crippen LogP contribution in [0.2, 0.25) is 5.02 Å². The fourth-order valence-electron chi connectivity index (χ4n) is 3.20. The van der Waals surface area contributed by atoms with Gasteiger partial charge in [0.2, 0.25) is 5.91 Å². The van der Waals surface area contributed by atoms with Gasteiger partial charge in [0, 0.05) is 18.0 Å². The lowest BCUT2D eigenvalue weighted by molar-refractivity contribution is -0.113. The molecule has 0 aliphatic heterocycles. The Kier molecular flexibility index (Phi) is 6.34. The molecule has 1 N–H and O–H groups in total. The third-order valence-electron chi connectivity index (χ3n) is 4.63. The molecule has 1 amide bonds. The first-order valence-corrected chi connectivity index (χ1v) is 11.0. The van der Waals surface area contributed by atoms with Crippen LogP contribution in [-0.4, -0.2) is 31.4 Å². The maximum atomic E-state index is 12.5. The number of aryl methyl sites for hydroxylation is 2. The number of aromatic nitrogens is 4. The van der Waals surface area contributed by atoms with E-state index in [2.05, 4.69) is 33.5 Å². The second kappa shape index (κ2) is 9.32. The van der Waals surface area contributed by atoms with E-state index in [9.17, 15) is 4.79 Å². The van der Waals surface area contributed by atoms with Crippen LogP contribution < -0.4 is 5.32 Å². The SMILES string of the molecule is Cc1ccc(-n2c(SCC(=O)Nc3ccccc3Cl)nnc2-c2cccnc2)c(C)c1. The molecular formula is C23H20ClN5OS. The molecular weight excluding hydrogens is 430 g/mol. The lowest BCUT2D eigenvalue weighted by Crippen LogP contribution is -2.15. The molecule has 0 aliphatic rings. The molecule has 2 aromatic carbocycles. The van der Waals surface area contributed by atoms with Crippen LogP contribution in [0, 0.1) is 13.8 Å². The number of carbonyl (C=O) groups is 1. The molecule has 0 aliphatic carbocycles. The van der Waals surface area contributed by atoms with Crippen molar-refractivity contribution in [3.8, 4) is 17.1 Å². The lowest BCUT2D eigenvalue weighted by Gasteiger charge is -2.13. The molecule has 8 heteroatoms. The summed E-state index contributed by atoms with van der Waals surface area (Å²) in [6.45, 7) is 4.10. The molecule has 6 nitrogen and oxygen atoms in total. The van der Waals surface area contributed by atoms with Crippen molar-refractivity contribution < 1.29 is 4.79 Å². The van der Waals surface area contributed by atoms with Crippen LogP contribution in [0.4, 0.5) is 5.69 Å². The van der Waals surface area contributed by atoms with Gasteiger partial charge in [-0.25, -0.2) is 0 Å². The Labute approximate surface area is 189 Å². The highest BCUT2D eigenvalue weighted by Gasteiger charge is 2.19. The minimum Gasteiger partial charge on any atom is -0.324 e. The normalized spacial score (nSPS) is 10.8. The summed E-state index contributed by atoms with van der Waals surface area (Å²) in [4.78, 5) is 16.7. The van der Waals surface area contributed by atoms with Gasteiger partial charge < -0.3 is 5.32 Å². The van der Waals surface area contributed by atoms with Crippen molar-refractivity contribution in [2.24, 2.45) is 0 Å². The van der Waals surface area contributed by atoms with E-state index in [0.717, 1.165) is 16.8 Å². The monoisotopic (exact) mass is 449 g/mol. The lowest BCUT2D eigenvalue weighted by atomic mass is 10.1. The number of anilines is 1. The number of carbonyl (C=O) groups excluding carboxylic acids is 1. The molecule has 0 radical (unpaired) electrons. The van der Waals surface area contributed by atoms with E-state index in [1.54, 1.807) is 24.5 Å². The molecule has 156 valence electrons. The summed E-state index contributed by atoms with van der Waals surface area (Å²) in [5.41, 5.74) is 4.66. The maximum absolute atomic E-state index is 12.5. The Morgan fingerprint density at radius 2 is 1.94 bits per heavy atom. The molecule has 31 heavy (non-hydrogen) atoms. The van der Waals surface area contributed by atoms with Gasteiger partial charge in [-0.1, -0.05) is 53.2 Å². The Hall–Kier alpha value is -3.16. The number of para-hydroxylation sites is 1. The van der Waals surface area contributed by atoms with Crippen molar-refractivity contribution in [3.05, 3.63) is 83.1 Å². The minimum absolute atomic E-state index is 0.168. The Bertz CT molecular complexity index is 1230. The van der Waals surface area contributed by atoms with Gasteiger partial charge in [0.15, 0.2) is 11.0 Å². The topological polar surface area (TPSA) is 72.7 Å². The molecule has 0 spiro atoms. The van der Waals surface area contributed by atoms with Crippen molar-refractivity contribution in [3.63, 3.8) is 0 Å². The summed E-state index contributed by atoms with van der Waals surface area (Å²) in [5, 5.41) is 12.7. The molecule has 4 aromatic rings. The highest BCUT2D eigenvalue weighted by atomic mass is 35.5. The van der Waals surface area contributed by atoms with E-state index >= 15 is 0 Å². The first-order valence-electron chi connectivity index (χ1n) is 9.63.